The van der Waals surface area contributed by atoms with Crippen LogP contribution in [-0.2, 0) is 6.54 Å². The largest absolute Gasteiger partial charge is 0.359 e. The molecule has 7 nitrogen and oxygen atoms in total. The van der Waals surface area contributed by atoms with Crippen LogP contribution in [0.15, 0.2) is 22.9 Å². The first kappa shape index (κ1) is 12.0. The zero-order valence-electron chi connectivity index (χ0n) is 10.0. The van der Waals surface area contributed by atoms with Gasteiger partial charge in [-0.1, -0.05) is 5.16 Å². The van der Waals surface area contributed by atoms with E-state index in [0.717, 1.165) is 11.3 Å². The minimum absolute atomic E-state index is 0.0498. The maximum atomic E-state index is 10.9. The fraction of sp³-hybridized carbons (Fsp3) is 0.273. The molecule has 18 heavy (non-hydrogen) atoms. The number of nitrogens with one attached hydrogen (secondary N) is 1. The number of aromatic nitrogens is 2. The highest BCUT2D eigenvalue weighted by Gasteiger charge is 2.15. The summed E-state index contributed by atoms with van der Waals surface area (Å²) in [6, 6.07) is 3.23. The lowest BCUT2D eigenvalue weighted by Gasteiger charge is -2.04. The molecule has 94 valence electrons. The quantitative estimate of drug-likeness (QED) is 0.658. The Morgan fingerprint density at radius 2 is 2.22 bits per heavy atom. The van der Waals surface area contributed by atoms with E-state index in [4.69, 9.17) is 4.52 Å². The first-order valence-electron chi connectivity index (χ1n) is 5.33. The van der Waals surface area contributed by atoms with Gasteiger partial charge in [-0.3, -0.25) is 10.1 Å². The molecule has 2 rings (SSSR count). The third-order valence-corrected chi connectivity index (χ3v) is 2.31. The number of nitrogens with zero attached hydrogens (tertiary/aromatic N) is 3. The van der Waals surface area contributed by atoms with E-state index in [1.165, 1.54) is 6.07 Å². The van der Waals surface area contributed by atoms with Crippen molar-refractivity contribution in [2.24, 2.45) is 0 Å². The van der Waals surface area contributed by atoms with Crippen molar-refractivity contribution in [3.63, 3.8) is 0 Å². The van der Waals surface area contributed by atoms with Gasteiger partial charge in [-0.15, -0.1) is 0 Å². The Hall–Kier alpha value is -2.44. The fourth-order valence-electron chi connectivity index (χ4n) is 1.50. The molecule has 0 atom stereocenters. The van der Waals surface area contributed by atoms with Gasteiger partial charge in [0, 0.05) is 18.3 Å². The molecule has 0 aliphatic rings. The SMILES string of the molecule is Cc1cnc(NCc2cc(C)no2)c([N+](=O)[O-])c1. The molecular weight excluding hydrogens is 236 g/mol. The highest BCUT2D eigenvalue weighted by molar-refractivity contribution is 5.56. The third-order valence-electron chi connectivity index (χ3n) is 2.31. The molecule has 0 saturated carbocycles. The van der Waals surface area contributed by atoms with E-state index in [9.17, 15) is 10.1 Å². The Morgan fingerprint density at radius 1 is 1.44 bits per heavy atom. The molecule has 0 amide bonds. The molecular formula is C11H12N4O3. The van der Waals surface area contributed by atoms with Gasteiger partial charge < -0.3 is 9.84 Å². The van der Waals surface area contributed by atoms with Crippen molar-refractivity contribution in [1.82, 2.24) is 10.1 Å². The average Bonchev–Trinajstić information content (AvgIpc) is 2.73. The van der Waals surface area contributed by atoms with Crippen LogP contribution in [0.2, 0.25) is 0 Å². The van der Waals surface area contributed by atoms with Crippen LogP contribution in [0.5, 0.6) is 0 Å². The summed E-state index contributed by atoms with van der Waals surface area (Å²) in [7, 11) is 0. The first-order valence-corrected chi connectivity index (χ1v) is 5.33. The fourth-order valence-corrected chi connectivity index (χ4v) is 1.50. The first-order chi connectivity index (χ1) is 8.56. The average molecular weight is 248 g/mol. The molecule has 0 unspecified atom stereocenters. The summed E-state index contributed by atoms with van der Waals surface area (Å²) in [6.45, 7) is 3.86. The second kappa shape index (κ2) is 4.82. The molecule has 0 aromatic carbocycles. The number of anilines is 1. The van der Waals surface area contributed by atoms with E-state index in [-0.39, 0.29) is 11.5 Å². The molecule has 7 heteroatoms. The predicted octanol–water partition coefficient (Wildman–Crippen LogP) is 2.21. The van der Waals surface area contributed by atoms with Crippen molar-refractivity contribution in [2.75, 3.05) is 5.32 Å². The Labute approximate surface area is 103 Å². The van der Waals surface area contributed by atoms with Gasteiger partial charge in [0.25, 0.3) is 0 Å². The summed E-state index contributed by atoms with van der Waals surface area (Å²) in [5, 5.41) is 17.5. The number of aryl methyl sites for hydroxylation is 2. The smallest absolute Gasteiger partial charge is 0.311 e. The van der Waals surface area contributed by atoms with E-state index in [0.29, 0.717) is 12.3 Å². The Bertz CT molecular complexity index is 579. The van der Waals surface area contributed by atoms with E-state index in [2.05, 4.69) is 15.5 Å². The molecule has 0 radical (unpaired) electrons. The Morgan fingerprint density at radius 3 is 2.83 bits per heavy atom. The van der Waals surface area contributed by atoms with Gasteiger partial charge in [0.1, 0.15) is 0 Å². The summed E-state index contributed by atoms with van der Waals surface area (Å²) in [4.78, 5) is 14.4. The van der Waals surface area contributed by atoms with Crippen molar-refractivity contribution in [3.8, 4) is 0 Å². The molecule has 0 aliphatic carbocycles. The lowest BCUT2D eigenvalue weighted by molar-refractivity contribution is -0.384. The Kier molecular flexibility index (Phi) is 3.22. The van der Waals surface area contributed by atoms with E-state index in [1.54, 1.807) is 26.1 Å². The van der Waals surface area contributed by atoms with Crippen molar-refractivity contribution in [2.45, 2.75) is 20.4 Å². The van der Waals surface area contributed by atoms with Crippen LogP contribution < -0.4 is 5.32 Å². The van der Waals surface area contributed by atoms with Crippen LogP contribution in [0, 0.1) is 24.0 Å². The van der Waals surface area contributed by atoms with Gasteiger partial charge in [-0.05, 0) is 19.4 Å². The minimum atomic E-state index is -0.464. The summed E-state index contributed by atoms with van der Waals surface area (Å²) < 4.78 is 5.00. The summed E-state index contributed by atoms with van der Waals surface area (Å²) in [5.41, 5.74) is 1.45. The maximum Gasteiger partial charge on any atom is 0.311 e. The van der Waals surface area contributed by atoms with Gasteiger partial charge in [0.2, 0.25) is 5.82 Å². The second-order valence-corrected chi connectivity index (χ2v) is 3.93. The lowest BCUT2D eigenvalue weighted by Crippen LogP contribution is -2.04. The molecule has 0 bridgehead atoms. The highest BCUT2D eigenvalue weighted by atomic mass is 16.6. The van der Waals surface area contributed by atoms with Gasteiger partial charge >= 0.3 is 5.69 Å². The predicted molar refractivity (Wildman–Crippen MR) is 64.2 cm³/mol. The molecule has 2 aromatic rings. The lowest BCUT2D eigenvalue weighted by atomic mass is 10.3. The zero-order valence-corrected chi connectivity index (χ0v) is 10.0. The van der Waals surface area contributed by atoms with Gasteiger partial charge in [-0.25, -0.2) is 4.98 Å². The van der Waals surface area contributed by atoms with Crippen LogP contribution in [0.1, 0.15) is 17.0 Å². The summed E-state index contributed by atoms with van der Waals surface area (Å²) in [6.07, 6.45) is 1.57. The topological polar surface area (TPSA) is 94.1 Å². The molecule has 0 spiro atoms. The summed E-state index contributed by atoms with van der Waals surface area (Å²) in [5.74, 6) is 0.823. The van der Waals surface area contributed by atoms with Crippen LogP contribution in [0.4, 0.5) is 11.5 Å². The maximum absolute atomic E-state index is 10.9. The van der Waals surface area contributed by atoms with Crippen LogP contribution in [-0.4, -0.2) is 15.1 Å². The van der Waals surface area contributed by atoms with Crippen molar-refractivity contribution < 1.29 is 9.45 Å². The van der Waals surface area contributed by atoms with E-state index >= 15 is 0 Å². The number of rotatable bonds is 4. The number of hydrogen-bond donors (Lipinski definition) is 1. The molecule has 1 N–H and O–H groups in total. The molecule has 2 heterocycles. The molecule has 0 aliphatic heterocycles. The van der Waals surface area contributed by atoms with Gasteiger partial charge in [0.15, 0.2) is 5.76 Å². The van der Waals surface area contributed by atoms with Crippen LogP contribution >= 0.6 is 0 Å². The van der Waals surface area contributed by atoms with Crippen LogP contribution in [0.25, 0.3) is 0 Å². The van der Waals surface area contributed by atoms with E-state index in [1.807, 2.05) is 0 Å². The highest BCUT2D eigenvalue weighted by Crippen LogP contribution is 2.22. The number of nitro groups is 1. The molecule has 0 fully saturated rings. The Balaban J connectivity index is 2.16. The van der Waals surface area contributed by atoms with Crippen LogP contribution in [0.3, 0.4) is 0 Å². The van der Waals surface area contributed by atoms with Crippen molar-refractivity contribution in [3.05, 3.63) is 45.5 Å². The monoisotopic (exact) mass is 248 g/mol. The van der Waals surface area contributed by atoms with Crippen molar-refractivity contribution >= 4 is 11.5 Å². The third kappa shape index (κ3) is 2.62. The zero-order chi connectivity index (χ0) is 13.1. The molecule has 2 aromatic heterocycles. The normalized spacial score (nSPS) is 10.3. The summed E-state index contributed by atoms with van der Waals surface area (Å²) >= 11 is 0. The van der Waals surface area contributed by atoms with Gasteiger partial charge in [0.05, 0.1) is 17.2 Å². The molecule has 0 saturated heterocycles. The minimum Gasteiger partial charge on any atom is -0.359 e. The van der Waals surface area contributed by atoms with Gasteiger partial charge in [-0.2, -0.15) is 0 Å². The number of hydrogen-bond acceptors (Lipinski definition) is 6. The van der Waals surface area contributed by atoms with Crippen molar-refractivity contribution in [1.29, 1.82) is 0 Å². The number of pyridine rings is 1. The standard InChI is InChI=1S/C11H12N4O3/c1-7-3-10(15(16)17)11(12-5-7)13-6-9-4-8(2)14-18-9/h3-5H,6H2,1-2H3,(H,12,13). The van der Waals surface area contributed by atoms with E-state index < -0.39 is 4.92 Å². The second-order valence-electron chi connectivity index (χ2n) is 3.93.